The van der Waals surface area contributed by atoms with Crippen molar-refractivity contribution in [3.63, 3.8) is 0 Å². The summed E-state index contributed by atoms with van der Waals surface area (Å²) in [5.74, 6) is -1.63. The largest absolute Gasteiger partial charge is 0.320 e. The molecule has 1 aromatic heterocycles. The molecule has 0 bridgehead atoms. The molecule has 0 radical (unpaired) electrons. The van der Waals surface area contributed by atoms with Gasteiger partial charge in [-0.1, -0.05) is 25.1 Å². The normalized spacial score (nSPS) is 10.2. The van der Waals surface area contributed by atoms with Gasteiger partial charge < -0.3 is 10.6 Å². The quantitative estimate of drug-likeness (QED) is 0.763. The average molecular weight is 331 g/mol. The standard InChI is InChI=1S/C16H18FN5O2/c1-3-5-8-22-10-14(20-21-22)16(24)18-11-6-7-12(17)13(9-11)19-15(23)4-2/h4,6-7,9-10H,2-3,5,8H2,1H3,(H,18,24)(H,19,23). The van der Waals surface area contributed by atoms with Crippen molar-refractivity contribution >= 4 is 23.2 Å². The molecule has 0 fully saturated rings. The van der Waals surface area contributed by atoms with E-state index in [-0.39, 0.29) is 11.4 Å². The topological polar surface area (TPSA) is 88.9 Å². The van der Waals surface area contributed by atoms with E-state index in [0.717, 1.165) is 25.0 Å². The van der Waals surface area contributed by atoms with Crippen LogP contribution >= 0.6 is 0 Å². The summed E-state index contributed by atoms with van der Waals surface area (Å²) >= 11 is 0. The van der Waals surface area contributed by atoms with Crippen LogP contribution in [-0.4, -0.2) is 26.8 Å². The average Bonchev–Trinajstić information content (AvgIpc) is 3.05. The van der Waals surface area contributed by atoms with Crippen molar-refractivity contribution in [2.75, 3.05) is 10.6 Å². The number of rotatable bonds is 7. The number of carbonyl (C=O) groups excluding carboxylic acids is 2. The molecule has 7 nitrogen and oxygen atoms in total. The smallest absolute Gasteiger partial charge is 0.277 e. The summed E-state index contributed by atoms with van der Waals surface area (Å²) in [6, 6.07) is 3.85. The Labute approximate surface area is 138 Å². The zero-order valence-corrected chi connectivity index (χ0v) is 13.3. The van der Waals surface area contributed by atoms with Crippen molar-refractivity contribution in [1.82, 2.24) is 15.0 Å². The summed E-state index contributed by atoms with van der Waals surface area (Å²) in [6.07, 6.45) is 4.53. The Balaban J connectivity index is 2.08. The molecule has 0 aliphatic heterocycles. The number of carbonyl (C=O) groups is 2. The minimum Gasteiger partial charge on any atom is -0.320 e. The lowest BCUT2D eigenvalue weighted by molar-refractivity contribution is -0.111. The third-order valence-corrected chi connectivity index (χ3v) is 3.18. The molecule has 0 atom stereocenters. The maximum absolute atomic E-state index is 13.7. The van der Waals surface area contributed by atoms with Crippen LogP contribution in [0.5, 0.6) is 0 Å². The van der Waals surface area contributed by atoms with Crippen molar-refractivity contribution in [2.24, 2.45) is 0 Å². The summed E-state index contributed by atoms with van der Waals surface area (Å²) < 4.78 is 15.3. The molecule has 2 aromatic rings. The lowest BCUT2D eigenvalue weighted by atomic mass is 10.2. The lowest BCUT2D eigenvalue weighted by Crippen LogP contribution is -2.14. The first-order chi connectivity index (χ1) is 11.5. The van der Waals surface area contributed by atoms with Gasteiger partial charge >= 0.3 is 0 Å². The van der Waals surface area contributed by atoms with Crippen LogP contribution in [0.2, 0.25) is 0 Å². The van der Waals surface area contributed by atoms with Gasteiger partial charge in [0.2, 0.25) is 5.91 Å². The third-order valence-electron chi connectivity index (χ3n) is 3.18. The first-order valence-electron chi connectivity index (χ1n) is 7.48. The second-order valence-corrected chi connectivity index (χ2v) is 5.06. The second kappa shape index (κ2) is 8.00. The number of benzene rings is 1. The van der Waals surface area contributed by atoms with Gasteiger partial charge in [-0.15, -0.1) is 5.10 Å². The molecule has 0 aliphatic rings. The maximum atomic E-state index is 13.7. The molecule has 2 amide bonds. The molecule has 1 heterocycles. The van der Waals surface area contributed by atoms with Crippen LogP contribution in [0.25, 0.3) is 0 Å². The number of aromatic nitrogens is 3. The number of hydrogen-bond acceptors (Lipinski definition) is 4. The monoisotopic (exact) mass is 331 g/mol. The lowest BCUT2D eigenvalue weighted by Gasteiger charge is -2.08. The molecular weight excluding hydrogens is 313 g/mol. The van der Waals surface area contributed by atoms with Crippen molar-refractivity contribution in [2.45, 2.75) is 26.3 Å². The Morgan fingerprint density at radius 1 is 1.38 bits per heavy atom. The van der Waals surface area contributed by atoms with Crippen molar-refractivity contribution in [3.8, 4) is 0 Å². The summed E-state index contributed by atoms with van der Waals surface area (Å²) in [4.78, 5) is 23.4. The van der Waals surface area contributed by atoms with Crippen LogP contribution in [0.3, 0.4) is 0 Å². The van der Waals surface area contributed by atoms with Gasteiger partial charge in [0, 0.05) is 12.2 Å². The van der Waals surface area contributed by atoms with E-state index in [1.807, 2.05) is 0 Å². The van der Waals surface area contributed by atoms with E-state index in [9.17, 15) is 14.0 Å². The highest BCUT2D eigenvalue weighted by Crippen LogP contribution is 2.20. The zero-order valence-electron chi connectivity index (χ0n) is 13.3. The Morgan fingerprint density at radius 2 is 2.17 bits per heavy atom. The molecule has 2 N–H and O–H groups in total. The van der Waals surface area contributed by atoms with Gasteiger partial charge in [-0.25, -0.2) is 4.39 Å². The molecular formula is C16H18FN5O2. The van der Waals surface area contributed by atoms with Gasteiger partial charge in [-0.2, -0.15) is 0 Å². The Kier molecular flexibility index (Phi) is 5.78. The van der Waals surface area contributed by atoms with E-state index in [1.54, 1.807) is 10.9 Å². The van der Waals surface area contributed by atoms with Crippen LogP contribution in [0.1, 0.15) is 30.3 Å². The minimum atomic E-state index is -0.617. The molecule has 126 valence electrons. The number of nitrogens with zero attached hydrogens (tertiary/aromatic N) is 3. The van der Waals surface area contributed by atoms with Crippen LogP contribution in [-0.2, 0) is 11.3 Å². The predicted molar refractivity (Wildman–Crippen MR) is 88.1 cm³/mol. The summed E-state index contributed by atoms with van der Waals surface area (Å²) in [6.45, 7) is 6.04. The van der Waals surface area contributed by atoms with Gasteiger partial charge in [-0.3, -0.25) is 14.3 Å². The van der Waals surface area contributed by atoms with Gasteiger partial charge in [0.1, 0.15) is 5.82 Å². The van der Waals surface area contributed by atoms with Gasteiger partial charge in [0.05, 0.1) is 11.9 Å². The maximum Gasteiger partial charge on any atom is 0.277 e. The zero-order chi connectivity index (χ0) is 17.5. The number of hydrogen-bond donors (Lipinski definition) is 2. The van der Waals surface area contributed by atoms with Gasteiger partial charge in [0.15, 0.2) is 5.69 Å². The number of nitrogens with one attached hydrogen (secondary N) is 2. The minimum absolute atomic E-state index is 0.0516. The van der Waals surface area contributed by atoms with Crippen LogP contribution in [0.4, 0.5) is 15.8 Å². The summed E-state index contributed by atoms with van der Waals surface area (Å²) in [5, 5.41) is 12.6. The van der Waals surface area contributed by atoms with E-state index < -0.39 is 17.6 Å². The molecule has 0 saturated carbocycles. The molecule has 2 rings (SSSR count). The van der Waals surface area contributed by atoms with E-state index in [2.05, 4.69) is 34.4 Å². The number of aryl methyl sites for hydroxylation is 1. The van der Waals surface area contributed by atoms with Crippen molar-refractivity contribution < 1.29 is 14.0 Å². The highest BCUT2D eigenvalue weighted by atomic mass is 19.1. The SMILES string of the molecule is C=CC(=O)Nc1cc(NC(=O)c2cn(CCCC)nn2)ccc1F. The van der Waals surface area contributed by atoms with E-state index in [0.29, 0.717) is 12.2 Å². The van der Waals surface area contributed by atoms with Gasteiger partial charge in [0.25, 0.3) is 5.91 Å². The first-order valence-corrected chi connectivity index (χ1v) is 7.48. The Bertz CT molecular complexity index is 757. The molecule has 0 spiro atoms. The number of unbranched alkanes of at least 4 members (excludes halogenated alkanes) is 1. The molecule has 8 heteroatoms. The third kappa shape index (κ3) is 4.48. The molecule has 0 saturated heterocycles. The fourth-order valence-electron chi connectivity index (χ4n) is 1.91. The highest BCUT2D eigenvalue weighted by molar-refractivity contribution is 6.03. The Morgan fingerprint density at radius 3 is 2.88 bits per heavy atom. The van der Waals surface area contributed by atoms with Crippen LogP contribution < -0.4 is 10.6 Å². The fraction of sp³-hybridized carbons (Fsp3) is 0.250. The van der Waals surface area contributed by atoms with Crippen LogP contribution in [0, 0.1) is 5.82 Å². The molecule has 24 heavy (non-hydrogen) atoms. The molecule has 0 aliphatic carbocycles. The van der Waals surface area contributed by atoms with Crippen LogP contribution in [0.15, 0.2) is 37.1 Å². The van der Waals surface area contributed by atoms with E-state index in [4.69, 9.17) is 0 Å². The van der Waals surface area contributed by atoms with Crippen molar-refractivity contribution in [3.05, 3.63) is 48.6 Å². The van der Waals surface area contributed by atoms with E-state index in [1.165, 1.54) is 12.1 Å². The molecule has 0 unspecified atom stereocenters. The number of anilines is 2. The number of amides is 2. The first kappa shape index (κ1) is 17.3. The van der Waals surface area contributed by atoms with Gasteiger partial charge in [-0.05, 0) is 30.7 Å². The number of halogens is 1. The Hall–Kier alpha value is -3.03. The van der Waals surface area contributed by atoms with Crippen molar-refractivity contribution in [1.29, 1.82) is 0 Å². The fourth-order valence-corrected chi connectivity index (χ4v) is 1.91. The summed E-state index contributed by atoms with van der Waals surface area (Å²) in [5.41, 5.74) is 0.431. The summed E-state index contributed by atoms with van der Waals surface area (Å²) in [7, 11) is 0. The van der Waals surface area contributed by atoms with E-state index >= 15 is 0 Å². The predicted octanol–water partition coefficient (Wildman–Crippen LogP) is 2.59. The second-order valence-electron chi connectivity index (χ2n) is 5.06. The molecule has 1 aromatic carbocycles. The highest BCUT2D eigenvalue weighted by Gasteiger charge is 2.13.